The number of hydrogen-bond donors (Lipinski definition) is 0. The third-order valence-corrected chi connectivity index (χ3v) is 3.49. The van der Waals surface area contributed by atoms with Crippen LogP contribution in [0.5, 0.6) is 0 Å². The molecule has 1 saturated carbocycles. The molecule has 0 aliphatic heterocycles. The van der Waals surface area contributed by atoms with Gasteiger partial charge in [-0.1, -0.05) is 32.1 Å². The average molecular weight is 162 g/mol. The SMILES string of the molecule is CC1CCC(C)C1C1=CCC=C1. The van der Waals surface area contributed by atoms with Crippen LogP contribution in [0, 0.1) is 17.8 Å². The fourth-order valence-corrected chi connectivity index (χ4v) is 2.83. The molecule has 0 aromatic carbocycles. The van der Waals surface area contributed by atoms with Crippen LogP contribution < -0.4 is 0 Å². The first-order chi connectivity index (χ1) is 5.79. The molecule has 0 heterocycles. The lowest BCUT2D eigenvalue weighted by Gasteiger charge is -2.20. The maximum atomic E-state index is 2.41. The number of rotatable bonds is 1. The van der Waals surface area contributed by atoms with Gasteiger partial charge in [0.05, 0.1) is 0 Å². The molecule has 2 aliphatic rings. The third kappa shape index (κ3) is 1.24. The van der Waals surface area contributed by atoms with E-state index in [4.69, 9.17) is 0 Å². The van der Waals surface area contributed by atoms with Crippen LogP contribution in [0.3, 0.4) is 0 Å². The van der Waals surface area contributed by atoms with Crippen molar-refractivity contribution in [3.63, 3.8) is 0 Å². The molecule has 0 nitrogen and oxygen atoms in total. The smallest absolute Gasteiger partial charge is 0.0114 e. The van der Waals surface area contributed by atoms with Crippen molar-refractivity contribution in [2.75, 3.05) is 0 Å². The monoisotopic (exact) mass is 162 g/mol. The van der Waals surface area contributed by atoms with E-state index in [9.17, 15) is 0 Å². The quantitative estimate of drug-likeness (QED) is 0.553. The van der Waals surface area contributed by atoms with Crippen molar-refractivity contribution in [1.82, 2.24) is 0 Å². The van der Waals surface area contributed by atoms with Gasteiger partial charge in [-0.3, -0.25) is 0 Å². The van der Waals surface area contributed by atoms with Gasteiger partial charge in [0, 0.05) is 0 Å². The summed E-state index contributed by atoms with van der Waals surface area (Å²) in [5.41, 5.74) is 1.62. The summed E-state index contributed by atoms with van der Waals surface area (Å²) in [4.78, 5) is 0. The minimum atomic E-state index is 0.865. The van der Waals surface area contributed by atoms with Gasteiger partial charge in [0.25, 0.3) is 0 Å². The molecule has 2 rings (SSSR count). The zero-order valence-electron chi connectivity index (χ0n) is 8.09. The van der Waals surface area contributed by atoms with Gasteiger partial charge in [0.1, 0.15) is 0 Å². The standard InChI is InChI=1S/C12H18/c1-9-7-8-10(2)12(9)11-5-3-4-6-11/h3,5-6,9-10,12H,4,7-8H2,1-2H3. The van der Waals surface area contributed by atoms with Gasteiger partial charge in [-0.2, -0.15) is 0 Å². The molecule has 1 fully saturated rings. The highest BCUT2D eigenvalue weighted by Crippen LogP contribution is 2.42. The van der Waals surface area contributed by atoms with Crippen LogP contribution in [0.4, 0.5) is 0 Å². The molecule has 0 heteroatoms. The van der Waals surface area contributed by atoms with Gasteiger partial charge in [-0.25, -0.2) is 0 Å². The highest BCUT2D eigenvalue weighted by Gasteiger charge is 2.32. The normalized spacial score (nSPS) is 40.5. The van der Waals surface area contributed by atoms with Crippen LogP contribution in [0.2, 0.25) is 0 Å². The molecule has 0 amide bonds. The zero-order valence-corrected chi connectivity index (χ0v) is 8.09. The summed E-state index contributed by atoms with van der Waals surface area (Å²) in [5.74, 6) is 2.69. The van der Waals surface area contributed by atoms with Gasteiger partial charge < -0.3 is 0 Å². The summed E-state index contributed by atoms with van der Waals surface area (Å²) < 4.78 is 0. The largest absolute Gasteiger partial charge is 0.0805 e. The van der Waals surface area contributed by atoms with Crippen LogP contribution in [0.1, 0.15) is 33.1 Å². The second-order valence-corrected chi connectivity index (χ2v) is 4.40. The fourth-order valence-electron chi connectivity index (χ4n) is 2.83. The first-order valence-corrected chi connectivity index (χ1v) is 5.15. The molecular weight excluding hydrogens is 144 g/mol. The molecule has 0 spiro atoms. The molecule has 2 atom stereocenters. The van der Waals surface area contributed by atoms with Crippen LogP contribution in [-0.4, -0.2) is 0 Å². The fraction of sp³-hybridized carbons (Fsp3) is 0.667. The highest BCUT2D eigenvalue weighted by molar-refractivity contribution is 5.30. The third-order valence-electron chi connectivity index (χ3n) is 3.49. The zero-order chi connectivity index (χ0) is 8.55. The van der Waals surface area contributed by atoms with Crippen molar-refractivity contribution >= 4 is 0 Å². The van der Waals surface area contributed by atoms with Crippen LogP contribution in [-0.2, 0) is 0 Å². The predicted octanol–water partition coefficient (Wildman–Crippen LogP) is 3.55. The Labute approximate surface area is 75.4 Å². The maximum Gasteiger partial charge on any atom is -0.0114 e. The topological polar surface area (TPSA) is 0 Å². The van der Waals surface area contributed by atoms with Gasteiger partial charge in [-0.05, 0) is 42.6 Å². The van der Waals surface area contributed by atoms with Crippen molar-refractivity contribution in [3.05, 3.63) is 23.8 Å². The molecule has 0 N–H and O–H groups in total. The number of allylic oxidation sites excluding steroid dienone is 4. The molecule has 12 heavy (non-hydrogen) atoms. The molecule has 0 radical (unpaired) electrons. The Hall–Kier alpha value is -0.520. The Morgan fingerprint density at radius 3 is 2.33 bits per heavy atom. The lowest BCUT2D eigenvalue weighted by atomic mass is 9.85. The minimum absolute atomic E-state index is 0.865. The van der Waals surface area contributed by atoms with E-state index in [-0.39, 0.29) is 0 Å². The van der Waals surface area contributed by atoms with Crippen LogP contribution in [0.25, 0.3) is 0 Å². The number of hydrogen-bond acceptors (Lipinski definition) is 0. The summed E-state index contributed by atoms with van der Waals surface area (Å²) in [6, 6.07) is 0. The summed E-state index contributed by atoms with van der Waals surface area (Å²) in [7, 11) is 0. The highest BCUT2D eigenvalue weighted by atomic mass is 14.4. The van der Waals surface area contributed by atoms with E-state index >= 15 is 0 Å². The molecule has 0 bridgehead atoms. The van der Waals surface area contributed by atoms with Gasteiger partial charge in [0.2, 0.25) is 0 Å². The molecular formula is C12H18. The Morgan fingerprint density at radius 1 is 1.17 bits per heavy atom. The Morgan fingerprint density at radius 2 is 1.83 bits per heavy atom. The van der Waals surface area contributed by atoms with Crippen LogP contribution in [0.15, 0.2) is 23.8 Å². The van der Waals surface area contributed by atoms with Crippen molar-refractivity contribution in [2.45, 2.75) is 33.1 Å². The van der Waals surface area contributed by atoms with Gasteiger partial charge in [-0.15, -0.1) is 0 Å². The second-order valence-electron chi connectivity index (χ2n) is 4.40. The summed E-state index contributed by atoms with van der Waals surface area (Å²) in [5, 5.41) is 0. The van der Waals surface area contributed by atoms with E-state index in [0.29, 0.717) is 0 Å². The molecule has 0 aromatic heterocycles. The van der Waals surface area contributed by atoms with Crippen LogP contribution >= 0.6 is 0 Å². The average Bonchev–Trinajstić information content (AvgIpc) is 2.61. The first kappa shape index (κ1) is 8.10. The Balaban J connectivity index is 2.15. The summed E-state index contributed by atoms with van der Waals surface area (Å²) in [6.45, 7) is 4.81. The van der Waals surface area contributed by atoms with Crippen molar-refractivity contribution in [2.24, 2.45) is 17.8 Å². The van der Waals surface area contributed by atoms with Crippen molar-refractivity contribution in [1.29, 1.82) is 0 Å². The van der Waals surface area contributed by atoms with E-state index in [1.54, 1.807) is 5.57 Å². The van der Waals surface area contributed by atoms with E-state index < -0.39 is 0 Å². The maximum absolute atomic E-state index is 2.41. The van der Waals surface area contributed by atoms with E-state index in [1.807, 2.05) is 0 Å². The molecule has 2 aliphatic carbocycles. The molecule has 66 valence electrons. The first-order valence-electron chi connectivity index (χ1n) is 5.15. The lowest BCUT2D eigenvalue weighted by Crippen LogP contribution is -2.11. The summed E-state index contributed by atoms with van der Waals surface area (Å²) in [6.07, 6.45) is 11.1. The van der Waals surface area contributed by atoms with Crippen molar-refractivity contribution < 1.29 is 0 Å². The lowest BCUT2D eigenvalue weighted by molar-refractivity contribution is 0.411. The summed E-state index contributed by atoms with van der Waals surface area (Å²) >= 11 is 0. The molecule has 0 aromatic rings. The molecule has 2 unspecified atom stereocenters. The van der Waals surface area contributed by atoms with Gasteiger partial charge >= 0.3 is 0 Å². The van der Waals surface area contributed by atoms with E-state index in [2.05, 4.69) is 32.1 Å². The van der Waals surface area contributed by atoms with E-state index in [0.717, 1.165) is 17.8 Å². The minimum Gasteiger partial charge on any atom is -0.0805 e. The Bertz CT molecular complexity index is 212. The molecule has 0 saturated heterocycles. The predicted molar refractivity (Wildman–Crippen MR) is 52.9 cm³/mol. The Kier molecular flexibility index (Phi) is 2.08. The van der Waals surface area contributed by atoms with E-state index in [1.165, 1.54) is 19.3 Å². The van der Waals surface area contributed by atoms with Crippen molar-refractivity contribution in [3.8, 4) is 0 Å². The second kappa shape index (κ2) is 3.08. The van der Waals surface area contributed by atoms with Gasteiger partial charge in [0.15, 0.2) is 0 Å².